The Morgan fingerprint density at radius 2 is 1.83 bits per heavy atom. The van der Waals surface area contributed by atoms with E-state index in [0.717, 1.165) is 9.88 Å². The van der Waals surface area contributed by atoms with Crippen molar-refractivity contribution < 1.29 is 19.1 Å². The van der Waals surface area contributed by atoms with E-state index in [0.29, 0.717) is 23.4 Å². The molecule has 124 valence electrons. The molecular formula is C17H16N2O4S. The number of hydrogen-bond acceptors (Lipinski definition) is 6. The number of esters is 1. The Labute approximate surface area is 143 Å². The molecule has 1 aliphatic rings. The number of thiazole rings is 1. The minimum absolute atomic E-state index is 0.0609. The Bertz CT molecular complexity index is 793. The number of fused-ring (bicyclic) bond motifs is 1. The number of imide groups is 1. The molecule has 1 aromatic carbocycles. The van der Waals surface area contributed by atoms with Crippen molar-refractivity contribution in [3.05, 3.63) is 51.0 Å². The van der Waals surface area contributed by atoms with E-state index in [4.69, 9.17) is 4.74 Å². The van der Waals surface area contributed by atoms with E-state index in [1.165, 1.54) is 16.2 Å². The van der Waals surface area contributed by atoms with Crippen LogP contribution in [0.4, 0.5) is 0 Å². The lowest BCUT2D eigenvalue weighted by molar-refractivity contribution is -0.142. The molecule has 0 fully saturated rings. The molecule has 2 heterocycles. The van der Waals surface area contributed by atoms with Crippen molar-refractivity contribution in [1.82, 2.24) is 9.88 Å². The maximum absolute atomic E-state index is 12.4. The van der Waals surface area contributed by atoms with Gasteiger partial charge in [-0.05, 0) is 26.0 Å². The van der Waals surface area contributed by atoms with E-state index in [1.807, 2.05) is 6.92 Å². The summed E-state index contributed by atoms with van der Waals surface area (Å²) in [5, 5.41) is 0.779. The number of carbonyl (C=O) groups is 3. The molecule has 1 aliphatic heterocycles. The van der Waals surface area contributed by atoms with Crippen LogP contribution in [0, 0.1) is 6.92 Å². The molecule has 0 atom stereocenters. The van der Waals surface area contributed by atoms with Crippen LogP contribution in [-0.2, 0) is 22.5 Å². The molecule has 0 radical (unpaired) electrons. The summed E-state index contributed by atoms with van der Waals surface area (Å²) in [5.74, 6) is -1.00. The summed E-state index contributed by atoms with van der Waals surface area (Å²) >= 11 is 1.38. The molecule has 0 bridgehead atoms. The fourth-order valence-electron chi connectivity index (χ4n) is 2.65. The quantitative estimate of drug-likeness (QED) is 0.615. The van der Waals surface area contributed by atoms with E-state index in [2.05, 4.69) is 4.98 Å². The van der Waals surface area contributed by atoms with Crippen LogP contribution < -0.4 is 0 Å². The van der Waals surface area contributed by atoms with Crippen LogP contribution in [0.5, 0.6) is 0 Å². The van der Waals surface area contributed by atoms with Gasteiger partial charge >= 0.3 is 5.97 Å². The molecular weight excluding hydrogens is 328 g/mol. The van der Waals surface area contributed by atoms with Gasteiger partial charge in [0.05, 0.1) is 41.4 Å². The van der Waals surface area contributed by atoms with Gasteiger partial charge in [-0.15, -0.1) is 11.3 Å². The summed E-state index contributed by atoms with van der Waals surface area (Å²) in [7, 11) is 0. The van der Waals surface area contributed by atoms with Crippen LogP contribution in [0.3, 0.4) is 0 Å². The lowest BCUT2D eigenvalue weighted by Crippen LogP contribution is -2.29. The van der Waals surface area contributed by atoms with E-state index in [1.54, 1.807) is 31.2 Å². The van der Waals surface area contributed by atoms with Crippen LogP contribution in [0.2, 0.25) is 0 Å². The lowest BCUT2D eigenvalue weighted by atomic mass is 10.1. The first kappa shape index (κ1) is 16.3. The van der Waals surface area contributed by atoms with Gasteiger partial charge in [-0.25, -0.2) is 4.98 Å². The van der Waals surface area contributed by atoms with E-state index < -0.39 is 0 Å². The highest BCUT2D eigenvalue weighted by atomic mass is 32.1. The van der Waals surface area contributed by atoms with Crippen molar-refractivity contribution in [2.75, 3.05) is 6.61 Å². The Morgan fingerprint density at radius 1 is 1.21 bits per heavy atom. The van der Waals surface area contributed by atoms with Gasteiger partial charge < -0.3 is 4.74 Å². The normalized spacial score (nSPS) is 13.3. The molecule has 0 saturated carbocycles. The third-order valence-electron chi connectivity index (χ3n) is 3.68. The second-order valence-corrected chi connectivity index (χ2v) is 6.61. The van der Waals surface area contributed by atoms with Gasteiger partial charge in [0, 0.05) is 4.88 Å². The number of nitrogens with zero attached hydrogens (tertiary/aromatic N) is 2. The summed E-state index contributed by atoms with van der Waals surface area (Å²) in [5.41, 5.74) is 1.38. The Balaban J connectivity index is 1.84. The highest BCUT2D eigenvalue weighted by molar-refractivity contribution is 7.11. The zero-order chi connectivity index (χ0) is 17.3. The Hall–Kier alpha value is -2.54. The second kappa shape index (κ2) is 6.52. The second-order valence-electron chi connectivity index (χ2n) is 5.33. The van der Waals surface area contributed by atoms with Gasteiger partial charge in [0.2, 0.25) is 0 Å². The number of rotatable bonds is 5. The monoisotopic (exact) mass is 344 g/mol. The molecule has 0 unspecified atom stereocenters. The fraction of sp³-hybridized carbons (Fsp3) is 0.294. The molecule has 1 aromatic heterocycles. The van der Waals surface area contributed by atoms with Crippen molar-refractivity contribution >= 4 is 29.1 Å². The fourth-order valence-corrected chi connectivity index (χ4v) is 3.58. The number of aromatic nitrogens is 1. The third kappa shape index (κ3) is 2.94. The third-order valence-corrected chi connectivity index (χ3v) is 4.69. The van der Waals surface area contributed by atoms with E-state index in [-0.39, 0.29) is 30.7 Å². The summed E-state index contributed by atoms with van der Waals surface area (Å²) in [6.07, 6.45) is 0.0951. The van der Waals surface area contributed by atoms with E-state index in [9.17, 15) is 14.4 Å². The minimum Gasteiger partial charge on any atom is -0.466 e. The highest BCUT2D eigenvalue weighted by Crippen LogP contribution is 2.27. The molecule has 2 amide bonds. The number of benzene rings is 1. The van der Waals surface area contributed by atoms with Crippen LogP contribution >= 0.6 is 11.3 Å². The maximum Gasteiger partial charge on any atom is 0.311 e. The summed E-state index contributed by atoms with van der Waals surface area (Å²) in [6, 6.07) is 6.74. The molecule has 0 aliphatic carbocycles. The van der Waals surface area contributed by atoms with Crippen LogP contribution in [0.25, 0.3) is 0 Å². The molecule has 6 nitrogen and oxygen atoms in total. The average molecular weight is 344 g/mol. The van der Waals surface area contributed by atoms with Gasteiger partial charge in [0.1, 0.15) is 0 Å². The summed E-state index contributed by atoms with van der Waals surface area (Å²) in [6.45, 7) is 3.94. The molecule has 7 heteroatoms. The molecule has 3 rings (SSSR count). The highest BCUT2D eigenvalue weighted by Gasteiger charge is 2.36. The van der Waals surface area contributed by atoms with Crippen LogP contribution in [0.1, 0.15) is 43.2 Å². The van der Waals surface area contributed by atoms with Crippen molar-refractivity contribution in [2.24, 2.45) is 0 Å². The standard InChI is InChI=1S/C17H16N2O4S/c1-3-23-15(20)8-14-13(18-10(2)24-14)9-19-16(21)11-6-4-5-7-12(11)17(19)22/h4-7H,3,8-9H2,1-2H3. The van der Waals surface area contributed by atoms with Crippen molar-refractivity contribution in [1.29, 1.82) is 0 Å². The van der Waals surface area contributed by atoms with E-state index >= 15 is 0 Å². The first-order valence-electron chi connectivity index (χ1n) is 7.57. The topological polar surface area (TPSA) is 76.6 Å². The zero-order valence-electron chi connectivity index (χ0n) is 13.4. The van der Waals surface area contributed by atoms with Crippen molar-refractivity contribution in [3.63, 3.8) is 0 Å². The van der Waals surface area contributed by atoms with Gasteiger partial charge in [-0.2, -0.15) is 0 Å². The molecule has 0 N–H and O–H groups in total. The molecule has 24 heavy (non-hydrogen) atoms. The van der Waals surface area contributed by atoms with Crippen molar-refractivity contribution in [2.45, 2.75) is 26.8 Å². The van der Waals surface area contributed by atoms with Gasteiger partial charge in [-0.3, -0.25) is 19.3 Å². The summed E-state index contributed by atoms with van der Waals surface area (Å²) < 4.78 is 4.97. The van der Waals surface area contributed by atoms with Crippen molar-refractivity contribution in [3.8, 4) is 0 Å². The first-order chi connectivity index (χ1) is 11.5. The van der Waals surface area contributed by atoms with Gasteiger partial charge in [0.15, 0.2) is 0 Å². The SMILES string of the molecule is CCOC(=O)Cc1sc(C)nc1CN1C(=O)c2ccccc2C1=O. The Morgan fingerprint density at radius 3 is 2.42 bits per heavy atom. The number of ether oxygens (including phenoxy) is 1. The number of carbonyl (C=O) groups excluding carboxylic acids is 3. The summed E-state index contributed by atoms with van der Waals surface area (Å²) in [4.78, 5) is 42.9. The van der Waals surface area contributed by atoms with Gasteiger partial charge in [-0.1, -0.05) is 12.1 Å². The largest absolute Gasteiger partial charge is 0.466 e. The predicted molar refractivity (Wildman–Crippen MR) is 87.8 cm³/mol. The van der Waals surface area contributed by atoms with Crippen LogP contribution in [0.15, 0.2) is 24.3 Å². The maximum atomic E-state index is 12.4. The number of amides is 2. The Kier molecular flexibility index (Phi) is 4.44. The molecule has 0 saturated heterocycles. The molecule has 0 spiro atoms. The predicted octanol–water partition coefficient (Wildman–Crippen LogP) is 2.35. The molecule has 2 aromatic rings. The minimum atomic E-state index is -0.343. The smallest absolute Gasteiger partial charge is 0.311 e. The lowest BCUT2D eigenvalue weighted by Gasteiger charge is -2.13. The average Bonchev–Trinajstić information content (AvgIpc) is 3.01. The van der Waals surface area contributed by atoms with Crippen LogP contribution in [-0.4, -0.2) is 34.3 Å². The zero-order valence-corrected chi connectivity index (χ0v) is 14.2. The number of hydrogen-bond donors (Lipinski definition) is 0. The first-order valence-corrected chi connectivity index (χ1v) is 8.39. The number of aryl methyl sites for hydroxylation is 1. The van der Waals surface area contributed by atoms with Gasteiger partial charge in [0.25, 0.3) is 11.8 Å².